The first kappa shape index (κ1) is 25.2. The molecular weight excluding hydrogens is 537 g/mol. The molecule has 1 atom stereocenters. The van der Waals surface area contributed by atoms with E-state index in [4.69, 9.17) is 25.6 Å². The predicted molar refractivity (Wildman–Crippen MR) is 133 cm³/mol. The van der Waals surface area contributed by atoms with E-state index in [0.29, 0.717) is 27.6 Å². The summed E-state index contributed by atoms with van der Waals surface area (Å²) in [5.74, 6) is -5.50. The van der Waals surface area contributed by atoms with Crippen molar-refractivity contribution in [3.63, 3.8) is 0 Å². The number of nitrogens with zero attached hydrogens (tertiary/aromatic N) is 2. The van der Waals surface area contributed by atoms with Crippen molar-refractivity contribution in [1.29, 1.82) is 0 Å². The number of aromatic carboxylic acids is 1. The van der Waals surface area contributed by atoms with Crippen LogP contribution in [0.1, 0.15) is 63.4 Å². The summed E-state index contributed by atoms with van der Waals surface area (Å²) in [4.78, 5) is 15.2. The summed E-state index contributed by atoms with van der Waals surface area (Å²) in [5.41, 5.74) is 1.01. The minimum absolute atomic E-state index is 0.102. The highest BCUT2D eigenvalue weighted by Crippen LogP contribution is 2.52. The second-order valence-electron chi connectivity index (χ2n) is 9.51. The fourth-order valence-electron chi connectivity index (χ4n) is 4.63. The molecule has 1 saturated carbocycles. The fraction of sp³-hybridized carbons (Fsp3) is 0.250. The monoisotopic (exact) mass is 556 g/mol. The Kier molecular flexibility index (Phi) is 6.02. The molecule has 200 valence electrons. The van der Waals surface area contributed by atoms with Crippen LogP contribution in [0.25, 0.3) is 11.3 Å². The molecule has 0 radical (unpaired) electrons. The van der Waals surface area contributed by atoms with Crippen molar-refractivity contribution >= 4 is 17.6 Å². The van der Waals surface area contributed by atoms with E-state index in [-0.39, 0.29) is 29.7 Å². The minimum atomic E-state index is -4.08. The molecule has 0 saturated heterocycles. The number of pyridine rings is 1. The van der Waals surface area contributed by atoms with E-state index >= 15 is 13.2 Å². The fourth-order valence-corrected chi connectivity index (χ4v) is 4.94. The molecule has 0 spiro atoms. The minimum Gasteiger partial charge on any atom is -0.478 e. The van der Waals surface area contributed by atoms with Crippen LogP contribution in [0, 0.1) is 6.92 Å². The lowest BCUT2D eigenvalue weighted by molar-refractivity contribution is -0.0838. The molecule has 0 amide bonds. The molecule has 6 rings (SSSR count). The second kappa shape index (κ2) is 9.30. The van der Waals surface area contributed by atoms with Gasteiger partial charge in [-0.25, -0.2) is 14.2 Å². The van der Waals surface area contributed by atoms with E-state index in [0.717, 1.165) is 36.6 Å². The molecule has 1 aliphatic carbocycles. The summed E-state index contributed by atoms with van der Waals surface area (Å²) < 4.78 is 62.8. The first-order valence-electron chi connectivity index (χ1n) is 12.1. The third kappa shape index (κ3) is 4.38. The molecule has 4 aromatic rings. The van der Waals surface area contributed by atoms with Crippen LogP contribution in [-0.4, -0.2) is 21.2 Å². The van der Waals surface area contributed by atoms with Crippen LogP contribution in [0.2, 0.25) is 5.02 Å². The lowest BCUT2D eigenvalue weighted by Crippen LogP contribution is -2.21. The maximum absolute atomic E-state index is 15.3. The van der Waals surface area contributed by atoms with Gasteiger partial charge < -0.3 is 19.1 Å². The Morgan fingerprint density at radius 1 is 1.18 bits per heavy atom. The first-order chi connectivity index (χ1) is 18.6. The number of carboxylic acids is 1. The van der Waals surface area contributed by atoms with Crippen molar-refractivity contribution in [3.05, 3.63) is 87.3 Å². The Balaban J connectivity index is 1.34. The summed E-state index contributed by atoms with van der Waals surface area (Å²) in [6.07, 6.45) is -0.980. The van der Waals surface area contributed by atoms with Crippen molar-refractivity contribution in [3.8, 4) is 28.6 Å². The van der Waals surface area contributed by atoms with Crippen LogP contribution in [0.4, 0.5) is 13.2 Å². The van der Waals surface area contributed by atoms with Gasteiger partial charge in [-0.2, -0.15) is 8.78 Å². The maximum Gasteiger partial charge on any atom is 0.335 e. The van der Waals surface area contributed by atoms with Gasteiger partial charge in [-0.15, -0.1) is 0 Å². The van der Waals surface area contributed by atoms with E-state index in [1.165, 1.54) is 12.1 Å². The summed E-state index contributed by atoms with van der Waals surface area (Å²) in [6.45, 7) is 1.78. The summed E-state index contributed by atoms with van der Waals surface area (Å²) in [7, 11) is 0. The van der Waals surface area contributed by atoms with Gasteiger partial charge in [0.25, 0.3) is 0 Å². The summed E-state index contributed by atoms with van der Waals surface area (Å²) >= 11 is 6.46. The highest BCUT2D eigenvalue weighted by Gasteiger charge is 2.50. The van der Waals surface area contributed by atoms with E-state index in [1.54, 1.807) is 6.07 Å². The van der Waals surface area contributed by atoms with Crippen LogP contribution in [-0.2, 0) is 12.5 Å². The highest BCUT2D eigenvalue weighted by atomic mass is 35.5. The van der Waals surface area contributed by atoms with Gasteiger partial charge in [0.2, 0.25) is 5.88 Å². The number of hydrogen-bond acceptors (Lipinski definition) is 6. The number of ether oxygens (including phenoxy) is 2. The van der Waals surface area contributed by atoms with Crippen molar-refractivity contribution in [1.82, 2.24) is 10.1 Å². The number of halogens is 4. The summed E-state index contributed by atoms with van der Waals surface area (Å²) in [6, 6.07) is 11.0. The van der Waals surface area contributed by atoms with Crippen LogP contribution < -0.4 is 9.47 Å². The second-order valence-corrected chi connectivity index (χ2v) is 9.92. The Morgan fingerprint density at radius 2 is 1.97 bits per heavy atom. The first-order valence-corrected chi connectivity index (χ1v) is 12.5. The molecule has 1 fully saturated rings. The highest BCUT2D eigenvalue weighted by molar-refractivity contribution is 6.33. The lowest BCUT2D eigenvalue weighted by atomic mass is 10.0. The molecule has 0 bridgehead atoms. The molecule has 1 aliphatic heterocycles. The Morgan fingerprint density at radius 3 is 2.69 bits per heavy atom. The standard InChI is InChI=1S/C28H20ClF3N2O5/c1-13-3-2-4-18(29)22(13)23-17(24(39-34-23)14-5-6-14)12-37-21-10-9-19-26(33-21)28(31,32)25(30)16-8-7-15(27(35)36)11-20(16)38-19/h2-4,7-11,14,25H,5-6,12H2,1H3,(H,35,36). The number of benzene rings is 2. The van der Waals surface area contributed by atoms with Crippen LogP contribution >= 0.6 is 11.6 Å². The van der Waals surface area contributed by atoms with Crippen molar-refractivity contribution in [2.24, 2.45) is 0 Å². The molecule has 39 heavy (non-hydrogen) atoms. The zero-order chi connectivity index (χ0) is 27.5. The Labute approximate surface area is 225 Å². The van der Waals surface area contributed by atoms with Crippen LogP contribution in [0.3, 0.4) is 0 Å². The van der Waals surface area contributed by atoms with Gasteiger partial charge in [0.05, 0.1) is 16.1 Å². The third-order valence-electron chi connectivity index (χ3n) is 6.81. The average Bonchev–Trinajstić information content (AvgIpc) is 3.68. The van der Waals surface area contributed by atoms with E-state index in [9.17, 15) is 9.90 Å². The average molecular weight is 557 g/mol. The van der Waals surface area contributed by atoms with Crippen LogP contribution in [0.15, 0.2) is 53.1 Å². The zero-order valence-electron chi connectivity index (χ0n) is 20.4. The molecule has 2 aliphatic rings. The molecule has 7 nitrogen and oxygen atoms in total. The largest absolute Gasteiger partial charge is 0.478 e. The van der Waals surface area contributed by atoms with Gasteiger partial charge in [0.15, 0.2) is 17.6 Å². The van der Waals surface area contributed by atoms with Gasteiger partial charge in [-0.05, 0) is 49.6 Å². The number of alkyl halides is 3. The number of aryl methyl sites for hydroxylation is 1. The van der Waals surface area contributed by atoms with Crippen molar-refractivity contribution in [2.45, 2.75) is 44.4 Å². The predicted octanol–water partition coefficient (Wildman–Crippen LogP) is 7.76. The maximum atomic E-state index is 15.3. The number of hydrogen-bond donors (Lipinski definition) is 1. The molecule has 2 aromatic carbocycles. The third-order valence-corrected chi connectivity index (χ3v) is 7.12. The SMILES string of the molecule is Cc1cccc(Cl)c1-c1noc(C2CC2)c1COc1ccc2c(n1)C(F)(F)C(F)c1ccc(C(=O)O)cc1O2. The van der Waals surface area contributed by atoms with Crippen LogP contribution in [0.5, 0.6) is 17.4 Å². The number of aromatic nitrogens is 2. The normalized spacial score (nSPS) is 17.5. The number of carboxylic acid groups (broad SMARTS) is 1. The number of fused-ring (bicyclic) bond motifs is 2. The topological polar surface area (TPSA) is 94.7 Å². The molecule has 11 heteroatoms. The molecule has 1 unspecified atom stereocenters. The van der Waals surface area contributed by atoms with E-state index in [2.05, 4.69) is 10.1 Å². The quantitative estimate of drug-likeness (QED) is 0.259. The number of carbonyl (C=O) groups is 1. The number of rotatable bonds is 6. The van der Waals surface area contributed by atoms with Crippen molar-refractivity contribution in [2.75, 3.05) is 0 Å². The molecule has 3 heterocycles. The molecule has 1 N–H and O–H groups in total. The molecule has 2 aromatic heterocycles. The van der Waals surface area contributed by atoms with Gasteiger partial charge in [0.1, 0.15) is 23.8 Å². The van der Waals surface area contributed by atoms with Gasteiger partial charge in [-0.3, -0.25) is 0 Å². The van der Waals surface area contributed by atoms with Gasteiger partial charge in [-0.1, -0.05) is 35.0 Å². The zero-order valence-corrected chi connectivity index (χ0v) is 21.1. The molecular formula is C28H20ClF3N2O5. The Bertz CT molecular complexity index is 1600. The van der Waals surface area contributed by atoms with Gasteiger partial charge >= 0.3 is 11.9 Å². The Hall–Kier alpha value is -4.05. The van der Waals surface area contributed by atoms with E-state index in [1.807, 2.05) is 19.1 Å². The van der Waals surface area contributed by atoms with Crippen molar-refractivity contribution < 1.29 is 37.1 Å². The lowest BCUT2D eigenvalue weighted by Gasteiger charge is -2.19. The van der Waals surface area contributed by atoms with Gasteiger partial charge in [0, 0.05) is 23.1 Å². The smallest absolute Gasteiger partial charge is 0.335 e. The van der Waals surface area contributed by atoms with E-state index < -0.39 is 35.1 Å². The summed E-state index contributed by atoms with van der Waals surface area (Å²) in [5, 5.41) is 14.0.